The topological polar surface area (TPSA) is 45.2 Å². The minimum absolute atomic E-state index is 0.0557. The van der Waals surface area contributed by atoms with E-state index in [2.05, 4.69) is 10.3 Å². The van der Waals surface area contributed by atoms with Crippen LogP contribution in [0.4, 0.5) is 19.3 Å². The predicted molar refractivity (Wildman–Crippen MR) is 90.9 cm³/mol. The molecule has 1 saturated heterocycles. The summed E-state index contributed by atoms with van der Waals surface area (Å²) in [4.78, 5) is 18.2. The molecule has 8 heteroatoms. The molecule has 2 aromatic rings. The Morgan fingerprint density at radius 3 is 2.72 bits per heavy atom. The SMILES string of the molecule is O=C(Nc1cc(Cl)c(Cl)cc1F)N1[C@@H]2CC[C@H]1c1c(F)cncc1C2. The summed E-state index contributed by atoms with van der Waals surface area (Å²) < 4.78 is 28.3. The van der Waals surface area contributed by atoms with Crippen molar-refractivity contribution < 1.29 is 13.6 Å². The molecule has 3 heterocycles. The number of nitrogens with one attached hydrogen (secondary N) is 1. The number of benzene rings is 1. The Kier molecular flexibility index (Phi) is 4.04. The van der Waals surface area contributed by atoms with Crippen LogP contribution in [0.2, 0.25) is 10.0 Å². The number of nitrogens with zero attached hydrogens (tertiary/aromatic N) is 2. The molecule has 1 aromatic heterocycles. The number of carbonyl (C=O) groups excluding carboxylic acids is 1. The van der Waals surface area contributed by atoms with Crippen LogP contribution in [0.5, 0.6) is 0 Å². The van der Waals surface area contributed by atoms with E-state index in [1.807, 2.05) is 0 Å². The maximum atomic E-state index is 14.2. The highest BCUT2D eigenvalue weighted by Crippen LogP contribution is 2.44. The molecule has 2 amide bonds. The van der Waals surface area contributed by atoms with Crippen molar-refractivity contribution >= 4 is 34.9 Å². The van der Waals surface area contributed by atoms with Gasteiger partial charge in [0.05, 0.1) is 28.0 Å². The smallest absolute Gasteiger partial charge is 0.314 e. The highest BCUT2D eigenvalue weighted by Gasteiger charge is 2.44. The Hall–Kier alpha value is -1.92. The van der Waals surface area contributed by atoms with E-state index >= 15 is 0 Å². The second-order valence-corrected chi connectivity index (χ2v) is 7.04. The molecule has 0 radical (unpaired) electrons. The molecule has 130 valence electrons. The van der Waals surface area contributed by atoms with Gasteiger partial charge in [-0.3, -0.25) is 4.98 Å². The number of hydrogen-bond acceptors (Lipinski definition) is 2. The van der Waals surface area contributed by atoms with Gasteiger partial charge >= 0.3 is 6.03 Å². The van der Waals surface area contributed by atoms with Crippen LogP contribution in [0.15, 0.2) is 24.5 Å². The maximum Gasteiger partial charge on any atom is 0.322 e. The van der Waals surface area contributed by atoms with Gasteiger partial charge < -0.3 is 10.2 Å². The van der Waals surface area contributed by atoms with E-state index in [-0.39, 0.29) is 27.8 Å². The number of rotatable bonds is 1. The quantitative estimate of drug-likeness (QED) is 0.707. The van der Waals surface area contributed by atoms with Crippen molar-refractivity contribution in [1.82, 2.24) is 9.88 Å². The van der Waals surface area contributed by atoms with Crippen LogP contribution in [-0.2, 0) is 6.42 Å². The number of hydrogen-bond donors (Lipinski definition) is 1. The van der Waals surface area contributed by atoms with E-state index in [0.29, 0.717) is 18.4 Å². The molecule has 1 N–H and O–H groups in total. The standard InChI is InChI=1S/C17H13Cl2F2N3O/c18-10-4-12(20)14(5-11(10)19)23-17(25)24-9-1-2-15(24)16-8(3-9)6-22-7-13(16)21/h4-7,9,15H,1-3H2,(H,23,25)/t9-,15+/m1/s1. The van der Waals surface area contributed by atoms with Crippen LogP contribution in [-0.4, -0.2) is 22.0 Å². The van der Waals surface area contributed by atoms with E-state index < -0.39 is 17.7 Å². The molecular weight excluding hydrogens is 371 g/mol. The van der Waals surface area contributed by atoms with Gasteiger partial charge in [0.15, 0.2) is 0 Å². The summed E-state index contributed by atoms with van der Waals surface area (Å²) in [5.74, 6) is -1.09. The molecule has 0 saturated carbocycles. The molecule has 4 rings (SSSR count). The molecule has 2 aliphatic rings. The number of fused-ring (bicyclic) bond motifs is 4. The zero-order valence-electron chi connectivity index (χ0n) is 12.9. The van der Waals surface area contributed by atoms with Gasteiger partial charge in [-0.05, 0) is 37.0 Å². The summed E-state index contributed by atoms with van der Waals surface area (Å²) in [6, 6.07) is 1.40. The Bertz CT molecular complexity index is 877. The first-order chi connectivity index (χ1) is 12.0. The fourth-order valence-corrected chi connectivity index (χ4v) is 4.06. The van der Waals surface area contributed by atoms with Gasteiger partial charge in [-0.15, -0.1) is 0 Å². The number of pyridine rings is 1. The highest BCUT2D eigenvalue weighted by atomic mass is 35.5. The third-order valence-electron chi connectivity index (χ3n) is 4.80. The first-order valence-corrected chi connectivity index (χ1v) is 8.57. The van der Waals surface area contributed by atoms with Gasteiger partial charge in [0.25, 0.3) is 0 Å². The second-order valence-electron chi connectivity index (χ2n) is 6.23. The average molecular weight is 384 g/mol. The molecule has 2 atom stereocenters. The summed E-state index contributed by atoms with van der Waals surface area (Å²) in [6.07, 6.45) is 4.77. The molecule has 1 fully saturated rings. The van der Waals surface area contributed by atoms with E-state index in [1.54, 1.807) is 11.1 Å². The largest absolute Gasteiger partial charge is 0.322 e. The minimum atomic E-state index is -0.678. The molecule has 2 bridgehead atoms. The lowest BCUT2D eigenvalue weighted by molar-refractivity contribution is 0.177. The fourth-order valence-electron chi connectivity index (χ4n) is 3.75. The van der Waals surface area contributed by atoms with Crippen molar-refractivity contribution in [1.29, 1.82) is 0 Å². The van der Waals surface area contributed by atoms with Crippen LogP contribution >= 0.6 is 23.2 Å². The molecule has 0 unspecified atom stereocenters. The van der Waals surface area contributed by atoms with Gasteiger partial charge in [0.1, 0.15) is 11.6 Å². The van der Waals surface area contributed by atoms with E-state index in [0.717, 1.165) is 24.2 Å². The van der Waals surface area contributed by atoms with Crippen LogP contribution in [0.1, 0.15) is 30.0 Å². The van der Waals surface area contributed by atoms with Crippen LogP contribution in [0.3, 0.4) is 0 Å². The van der Waals surface area contributed by atoms with Gasteiger partial charge in [-0.25, -0.2) is 13.6 Å². The summed E-state index contributed by atoms with van der Waals surface area (Å²) in [7, 11) is 0. The Morgan fingerprint density at radius 2 is 1.92 bits per heavy atom. The van der Waals surface area contributed by atoms with Gasteiger partial charge in [-0.1, -0.05) is 23.2 Å². The molecular formula is C17H13Cl2F2N3O. The van der Waals surface area contributed by atoms with Crippen molar-refractivity contribution in [2.45, 2.75) is 31.3 Å². The third-order valence-corrected chi connectivity index (χ3v) is 5.52. The van der Waals surface area contributed by atoms with Gasteiger partial charge in [0, 0.05) is 17.8 Å². The Balaban J connectivity index is 1.64. The molecule has 0 spiro atoms. The molecule has 0 aliphatic carbocycles. The summed E-state index contributed by atoms with van der Waals surface area (Å²) in [5.41, 5.74) is 1.28. The highest BCUT2D eigenvalue weighted by molar-refractivity contribution is 6.42. The number of aromatic nitrogens is 1. The molecule has 25 heavy (non-hydrogen) atoms. The number of urea groups is 1. The predicted octanol–water partition coefficient (Wildman–Crippen LogP) is 4.96. The lowest BCUT2D eigenvalue weighted by Crippen LogP contribution is -2.44. The monoisotopic (exact) mass is 383 g/mol. The van der Waals surface area contributed by atoms with Crippen molar-refractivity contribution in [3.63, 3.8) is 0 Å². The Morgan fingerprint density at radius 1 is 1.16 bits per heavy atom. The zero-order valence-corrected chi connectivity index (χ0v) is 14.4. The van der Waals surface area contributed by atoms with Crippen LogP contribution in [0.25, 0.3) is 0 Å². The Labute approximate surface area is 152 Å². The average Bonchev–Trinajstić information content (AvgIpc) is 2.86. The van der Waals surface area contributed by atoms with E-state index in [4.69, 9.17) is 23.2 Å². The zero-order chi connectivity index (χ0) is 17.7. The van der Waals surface area contributed by atoms with Crippen LogP contribution in [0, 0.1) is 11.6 Å². The van der Waals surface area contributed by atoms with Gasteiger partial charge in [-0.2, -0.15) is 0 Å². The molecule has 2 aliphatic heterocycles. The van der Waals surface area contributed by atoms with Gasteiger partial charge in [0.2, 0.25) is 0 Å². The number of carbonyl (C=O) groups is 1. The normalized spacial score (nSPS) is 21.2. The summed E-state index contributed by atoms with van der Waals surface area (Å²) >= 11 is 11.7. The minimum Gasteiger partial charge on any atom is -0.314 e. The van der Waals surface area contributed by atoms with E-state index in [9.17, 15) is 13.6 Å². The number of anilines is 1. The lowest BCUT2D eigenvalue weighted by atomic mass is 9.95. The first-order valence-electron chi connectivity index (χ1n) is 7.82. The van der Waals surface area contributed by atoms with Crippen molar-refractivity contribution in [3.8, 4) is 0 Å². The fraction of sp³-hybridized carbons (Fsp3) is 0.294. The summed E-state index contributed by atoms with van der Waals surface area (Å²) in [6.45, 7) is 0. The maximum absolute atomic E-state index is 14.2. The lowest BCUT2D eigenvalue weighted by Gasteiger charge is -2.36. The van der Waals surface area contributed by atoms with Crippen molar-refractivity contribution in [2.75, 3.05) is 5.32 Å². The first kappa shape index (κ1) is 16.5. The second kappa shape index (κ2) is 6.11. The van der Waals surface area contributed by atoms with Crippen molar-refractivity contribution in [3.05, 3.63) is 57.3 Å². The molecule has 4 nitrogen and oxygen atoms in total. The molecule has 1 aromatic carbocycles. The van der Waals surface area contributed by atoms with Crippen molar-refractivity contribution in [2.24, 2.45) is 0 Å². The van der Waals surface area contributed by atoms with E-state index in [1.165, 1.54) is 6.07 Å². The third kappa shape index (κ3) is 2.73. The van der Waals surface area contributed by atoms with Crippen LogP contribution < -0.4 is 5.32 Å². The summed E-state index contributed by atoms with van der Waals surface area (Å²) in [5, 5.41) is 2.74. The number of halogens is 4. The number of amides is 2.